The lowest BCUT2D eigenvalue weighted by Crippen LogP contribution is -2.36. The van der Waals surface area contributed by atoms with Crippen molar-refractivity contribution in [3.05, 3.63) is 0 Å². The van der Waals surface area contributed by atoms with E-state index in [1.54, 1.807) is 0 Å². The van der Waals surface area contributed by atoms with E-state index in [1.807, 2.05) is 0 Å². The van der Waals surface area contributed by atoms with Crippen LogP contribution in [0, 0.1) is 0 Å². The first-order chi connectivity index (χ1) is 7.56. The third-order valence-electron chi connectivity index (χ3n) is 1.82. The number of carboxylic acid groups (broad SMARTS) is 1. The van der Waals surface area contributed by atoms with Crippen LogP contribution in [0.25, 0.3) is 0 Å². The van der Waals surface area contributed by atoms with Crippen LogP contribution >= 0.6 is 0 Å². The number of carbonyl (C=O) groups excluding carboxylic acids is 2. The van der Waals surface area contributed by atoms with Gasteiger partial charge in [-0.2, -0.15) is 0 Å². The number of rotatable bonds is 5. The van der Waals surface area contributed by atoms with E-state index in [2.05, 4.69) is 23.0 Å². The average Bonchev–Trinajstić information content (AvgIpc) is 2.46. The molecule has 0 bridgehead atoms. The predicted octanol–water partition coefficient (Wildman–Crippen LogP) is -1.88. The van der Waals surface area contributed by atoms with Gasteiger partial charge in [0.05, 0.1) is 6.54 Å². The summed E-state index contributed by atoms with van der Waals surface area (Å²) in [6.07, 6.45) is 0.916. The molecule has 9 heteroatoms. The number of amides is 3. The molecule has 2 radical (unpaired) electrons. The van der Waals surface area contributed by atoms with Gasteiger partial charge in [0.15, 0.2) is 0 Å². The zero-order chi connectivity index (χ0) is 12.1. The number of nitrogens with one attached hydrogen (secondary N) is 1. The third-order valence-corrected chi connectivity index (χ3v) is 1.82. The van der Waals surface area contributed by atoms with Crippen molar-refractivity contribution in [3.8, 4) is 0 Å². The van der Waals surface area contributed by atoms with E-state index in [0.29, 0.717) is 4.90 Å². The highest BCUT2D eigenvalue weighted by molar-refractivity contribution is 6.06. The monoisotopic (exact) mass is 225 g/mol. The second kappa shape index (κ2) is 5.15. The molecule has 1 heterocycles. The minimum absolute atomic E-state index is 0.0576. The lowest BCUT2D eigenvalue weighted by molar-refractivity contribution is -0.141. The number of hydrogen-bond donors (Lipinski definition) is 2. The van der Waals surface area contributed by atoms with Gasteiger partial charge in [-0.1, -0.05) is 0 Å². The first kappa shape index (κ1) is 12.0. The van der Waals surface area contributed by atoms with Crippen LogP contribution in [0.5, 0.6) is 0 Å². The van der Waals surface area contributed by atoms with E-state index in [9.17, 15) is 14.4 Å². The normalized spacial score (nSPS) is 20.2. The Labute approximate surface area is 91.7 Å². The lowest BCUT2D eigenvalue weighted by atomic mass is 10.3. The first-order valence-electron chi connectivity index (χ1n) is 4.23. The van der Waals surface area contributed by atoms with Crippen molar-refractivity contribution >= 4 is 32.4 Å². The summed E-state index contributed by atoms with van der Waals surface area (Å²) in [6, 6.07) is -1.63. The predicted molar refractivity (Wildman–Crippen MR) is 51.9 cm³/mol. The number of aliphatic carboxylic acids is 1. The van der Waals surface area contributed by atoms with Crippen molar-refractivity contribution in [1.29, 1.82) is 0 Å². The van der Waals surface area contributed by atoms with Gasteiger partial charge < -0.3 is 15.1 Å². The Hall–Kier alpha value is -2.06. The number of carbonyl (C=O) groups is 3. The molecule has 1 aliphatic heterocycles. The number of carboxylic acids is 1. The fourth-order valence-corrected chi connectivity index (χ4v) is 1.18. The highest BCUT2D eigenvalue weighted by Crippen LogP contribution is 2.06. The molecular formula is C7H8BN3O5. The largest absolute Gasteiger partial charge is 0.560 e. The Bertz CT molecular complexity index is 345. The van der Waals surface area contributed by atoms with Crippen LogP contribution in [-0.2, 0) is 14.2 Å². The van der Waals surface area contributed by atoms with Crippen LogP contribution in [0.15, 0.2) is 4.99 Å². The molecule has 0 spiro atoms. The van der Waals surface area contributed by atoms with Gasteiger partial charge in [0.2, 0.25) is 0 Å². The molecule has 8 nitrogen and oxygen atoms in total. The van der Waals surface area contributed by atoms with Crippen LogP contribution < -0.4 is 5.32 Å². The summed E-state index contributed by atoms with van der Waals surface area (Å²) in [5, 5.41) is 10.8. The topological polar surface area (TPSA) is 108 Å². The van der Waals surface area contributed by atoms with Crippen LogP contribution in [0.2, 0.25) is 0 Å². The summed E-state index contributed by atoms with van der Waals surface area (Å²) in [7, 11) is 4.66. The number of imide groups is 1. The van der Waals surface area contributed by atoms with Gasteiger partial charge in [-0.05, 0) is 0 Å². The summed E-state index contributed by atoms with van der Waals surface area (Å²) in [5.41, 5.74) is 0. The van der Waals surface area contributed by atoms with Crippen molar-refractivity contribution in [2.75, 3.05) is 13.1 Å². The zero-order valence-corrected chi connectivity index (χ0v) is 8.12. The van der Waals surface area contributed by atoms with Gasteiger partial charge in [-0.3, -0.25) is 19.5 Å². The van der Waals surface area contributed by atoms with Crippen molar-refractivity contribution in [2.24, 2.45) is 4.99 Å². The van der Waals surface area contributed by atoms with Gasteiger partial charge in [-0.15, -0.1) is 0 Å². The van der Waals surface area contributed by atoms with E-state index in [4.69, 9.17) is 5.11 Å². The fraction of sp³-hybridized carbons (Fsp3) is 0.429. The lowest BCUT2D eigenvalue weighted by Gasteiger charge is -2.08. The molecule has 0 aliphatic carbocycles. The number of nitrogens with zero attached hydrogens (tertiary/aromatic N) is 2. The Morgan fingerprint density at radius 3 is 2.94 bits per heavy atom. The molecule has 1 atom stereocenters. The number of urea groups is 1. The highest BCUT2D eigenvalue weighted by Gasteiger charge is 2.38. The maximum Gasteiger partial charge on any atom is 0.375 e. The molecule has 1 unspecified atom stereocenters. The molecule has 1 aliphatic rings. The molecular weight excluding hydrogens is 217 g/mol. The molecule has 84 valence electrons. The number of aliphatic imine (C=N–C) groups is 1. The summed E-state index contributed by atoms with van der Waals surface area (Å²) in [6.45, 7) is -0.726. The quantitative estimate of drug-likeness (QED) is 0.246. The number of hydrogen-bond acceptors (Lipinski definition) is 5. The Morgan fingerprint density at radius 2 is 2.38 bits per heavy atom. The van der Waals surface area contributed by atoms with Gasteiger partial charge in [0, 0.05) is 0 Å². The molecule has 0 aromatic heterocycles. The standard InChI is InChI=1S/C7H8BN3O5/c8-16-3-9-1-4-6(14)11(2-5(12)13)7(15)10-4/h3-4H,1-2H2,(H,10,15)(H,12,13). The second-order valence-electron chi connectivity index (χ2n) is 2.93. The summed E-state index contributed by atoms with van der Waals surface area (Å²) >= 11 is 0. The second-order valence-corrected chi connectivity index (χ2v) is 2.93. The van der Waals surface area contributed by atoms with Gasteiger partial charge in [-0.25, -0.2) is 4.79 Å². The molecule has 16 heavy (non-hydrogen) atoms. The minimum atomic E-state index is -1.27. The smallest absolute Gasteiger partial charge is 0.375 e. The Morgan fingerprint density at radius 1 is 1.69 bits per heavy atom. The highest BCUT2D eigenvalue weighted by atomic mass is 16.4. The van der Waals surface area contributed by atoms with Crippen molar-refractivity contribution in [3.63, 3.8) is 0 Å². The molecule has 0 aromatic carbocycles. The maximum absolute atomic E-state index is 11.5. The molecule has 1 rings (SSSR count). The Balaban J connectivity index is 2.59. The summed E-state index contributed by atoms with van der Waals surface area (Å²) in [5.74, 6) is -1.90. The van der Waals surface area contributed by atoms with Crippen molar-refractivity contribution in [1.82, 2.24) is 10.2 Å². The third kappa shape index (κ3) is 2.72. The van der Waals surface area contributed by atoms with E-state index in [1.165, 1.54) is 0 Å². The molecule has 0 saturated carbocycles. The van der Waals surface area contributed by atoms with Crippen LogP contribution in [0.1, 0.15) is 0 Å². The van der Waals surface area contributed by atoms with E-state index < -0.39 is 30.5 Å². The van der Waals surface area contributed by atoms with Gasteiger partial charge in [0.25, 0.3) is 5.91 Å². The van der Waals surface area contributed by atoms with Gasteiger partial charge in [0.1, 0.15) is 19.0 Å². The fourth-order valence-electron chi connectivity index (χ4n) is 1.18. The van der Waals surface area contributed by atoms with Crippen LogP contribution in [-0.4, -0.2) is 61.5 Å². The van der Waals surface area contributed by atoms with Gasteiger partial charge >= 0.3 is 20.0 Å². The SMILES string of the molecule is [B]OC=NCC1NC(=O)N(CC(=O)O)C1=O. The van der Waals surface area contributed by atoms with Crippen molar-refractivity contribution in [2.45, 2.75) is 6.04 Å². The summed E-state index contributed by atoms with van der Waals surface area (Å²) in [4.78, 5) is 37.2. The van der Waals surface area contributed by atoms with E-state index in [0.717, 1.165) is 6.40 Å². The Kier molecular flexibility index (Phi) is 3.86. The van der Waals surface area contributed by atoms with Crippen LogP contribution in [0.3, 0.4) is 0 Å². The molecule has 2 N–H and O–H groups in total. The van der Waals surface area contributed by atoms with Crippen molar-refractivity contribution < 1.29 is 24.1 Å². The summed E-state index contributed by atoms with van der Waals surface area (Å²) < 4.78 is 4.03. The molecule has 1 saturated heterocycles. The van der Waals surface area contributed by atoms with Crippen LogP contribution in [0.4, 0.5) is 4.79 Å². The first-order valence-corrected chi connectivity index (χ1v) is 4.23. The molecule has 1 fully saturated rings. The maximum atomic E-state index is 11.5. The molecule has 3 amide bonds. The molecule has 0 aromatic rings. The average molecular weight is 225 g/mol. The zero-order valence-electron chi connectivity index (χ0n) is 8.12. The minimum Gasteiger partial charge on any atom is -0.560 e. The van der Waals surface area contributed by atoms with E-state index >= 15 is 0 Å². The van der Waals surface area contributed by atoms with E-state index in [-0.39, 0.29) is 6.54 Å².